The second-order valence-electron chi connectivity index (χ2n) is 9.82. The van der Waals surface area contributed by atoms with Crippen LogP contribution in [0.3, 0.4) is 0 Å². The summed E-state index contributed by atoms with van der Waals surface area (Å²) in [6, 6.07) is 9.81. The zero-order valence-electron chi connectivity index (χ0n) is 19.3. The topological polar surface area (TPSA) is 69.4 Å². The number of rotatable bonds is 6. The normalized spacial score (nSPS) is 22.1. The lowest BCUT2D eigenvalue weighted by Crippen LogP contribution is -2.52. The summed E-state index contributed by atoms with van der Waals surface area (Å²) < 4.78 is 6.07. The van der Waals surface area contributed by atoms with Crippen molar-refractivity contribution >= 4 is 40.5 Å². The first-order valence-corrected chi connectivity index (χ1v) is 12.5. The molecule has 31 heavy (non-hydrogen) atoms. The molecule has 6 heteroatoms. The van der Waals surface area contributed by atoms with Gasteiger partial charge in [-0.2, -0.15) is 0 Å². The number of nitrogens with two attached hydrogens (primary N) is 1. The number of carbonyl (C=O) groups is 2. The van der Waals surface area contributed by atoms with Gasteiger partial charge in [0.25, 0.3) is 0 Å². The minimum atomic E-state index is -0.793. The van der Waals surface area contributed by atoms with Crippen molar-refractivity contribution in [1.82, 2.24) is 0 Å². The summed E-state index contributed by atoms with van der Waals surface area (Å²) in [5.41, 5.74) is 6.83. The number of thioether (sulfide) groups is 1. The highest BCUT2D eigenvalue weighted by molar-refractivity contribution is 8.01. The Labute approximate surface area is 193 Å². The van der Waals surface area contributed by atoms with Crippen LogP contribution >= 0.6 is 23.1 Å². The monoisotopic (exact) mass is 459 g/mol. The van der Waals surface area contributed by atoms with E-state index in [-0.39, 0.29) is 23.5 Å². The first-order chi connectivity index (χ1) is 14.4. The fraction of sp³-hybridized carbons (Fsp3) is 0.520. The molecule has 2 aromatic rings. The van der Waals surface area contributed by atoms with Gasteiger partial charge in [-0.1, -0.05) is 46.8 Å². The average Bonchev–Trinajstić information content (AvgIpc) is 3.05. The highest BCUT2D eigenvalue weighted by Crippen LogP contribution is 2.44. The summed E-state index contributed by atoms with van der Waals surface area (Å²) in [6.45, 7) is 12.6. The number of cyclic esters (lactones) is 1. The third-order valence-corrected chi connectivity index (χ3v) is 8.77. The molecule has 0 saturated carbocycles. The first-order valence-electron chi connectivity index (χ1n) is 10.8. The van der Waals surface area contributed by atoms with Crippen molar-refractivity contribution in [2.75, 3.05) is 5.73 Å². The maximum atomic E-state index is 13.2. The molecule has 2 N–H and O–H groups in total. The van der Waals surface area contributed by atoms with Crippen molar-refractivity contribution in [3.8, 4) is 0 Å². The van der Waals surface area contributed by atoms with Crippen LogP contribution < -0.4 is 5.73 Å². The molecular weight excluding hydrogens is 426 g/mol. The molecule has 1 aromatic heterocycles. The van der Waals surface area contributed by atoms with Crippen LogP contribution in [0.2, 0.25) is 0 Å². The smallest absolute Gasteiger partial charge is 0.327 e. The number of ether oxygens (including phenoxy) is 1. The molecule has 2 atom stereocenters. The Morgan fingerprint density at radius 2 is 1.87 bits per heavy atom. The van der Waals surface area contributed by atoms with Gasteiger partial charge in [0.05, 0.1) is 0 Å². The van der Waals surface area contributed by atoms with Crippen LogP contribution in [0.5, 0.6) is 0 Å². The van der Waals surface area contributed by atoms with Crippen LogP contribution in [0.15, 0.2) is 35.2 Å². The second-order valence-corrected chi connectivity index (χ2v) is 12.2. The van der Waals surface area contributed by atoms with Crippen molar-refractivity contribution in [2.45, 2.75) is 82.0 Å². The predicted octanol–water partition coefficient (Wildman–Crippen LogP) is 5.94. The van der Waals surface area contributed by atoms with E-state index < -0.39 is 16.8 Å². The summed E-state index contributed by atoms with van der Waals surface area (Å²) in [6.07, 6.45) is 1.61. The maximum Gasteiger partial charge on any atom is 0.327 e. The molecule has 3 rings (SSSR count). The van der Waals surface area contributed by atoms with E-state index in [0.717, 1.165) is 22.6 Å². The van der Waals surface area contributed by atoms with Crippen molar-refractivity contribution in [3.63, 3.8) is 0 Å². The van der Waals surface area contributed by atoms with E-state index in [4.69, 9.17) is 10.5 Å². The first kappa shape index (κ1) is 23.9. The van der Waals surface area contributed by atoms with Crippen LogP contribution in [-0.4, -0.2) is 22.6 Å². The SMILES string of the molecule is Cc1cc(SC2C(=O)CC(CCc3ccc(N)cc3)(C(C)C)OC2=O)c(C(C)(C)C)s1. The van der Waals surface area contributed by atoms with E-state index in [1.807, 2.05) is 38.1 Å². The molecular formula is C25H33NO3S2. The van der Waals surface area contributed by atoms with E-state index >= 15 is 0 Å². The Hall–Kier alpha value is -1.79. The van der Waals surface area contributed by atoms with E-state index in [9.17, 15) is 9.59 Å². The molecule has 1 saturated heterocycles. The highest BCUT2D eigenvalue weighted by atomic mass is 32.2. The minimum Gasteiger partial charge on any atom is -0.457 e. The molecule has 2 unspecified atom stereocenters. The molecule has 1 aliphatic rings. The molecule has 4 nitrogen and oxygen atoms in total. The largest absolute Gasteiger partial charge is 0.457 e. The fourth-order valence-corrected chi connectivity index (χ4v) is 6.52. The van der Waals surface area contributed by atoms with Gasteiger partial charge in [0.1, 0.15) is 5.60 Å². The van der Waals surface area contributed by atoms with Gasteiger partial charge in [0, 0.05) is 26.8 Å². The van der Waals surface area contributed by atoms with Crippen molar-refractivity contribution in [2.24, 2.45) is 5.92 Å². The quantitative estimate of drug-likeness (QED) is 0.329. The molecule has 0 radical (unpaired) electrons. The fourth-order valence-electron chi connectivity index (χ4n) is 3.94. The predicted molar refractivity (Wildman–Crippen MR) is 130 cm³/mol. The number of hydrogen-bond acceptors (Lipinski definition) is 6. The number of benzene rings is 1. The Bertz CT molecular complexity index is 936. The molecule has 0 amide bonds. The minimum absolute atomic E-state index is 0.0315. The number of carbonyl (C=O) groups excluding carboxylic acids is 2. The van der Waals surface area contributed by atoms with Gasteiger partial charge in [-0.15, -0.1) is 23.1 Å². The lowest BCUT2D eigenvalue weighted by molar-refractivity contribution is -0.176. The number of anilines is 1. The Balaban J connectivity index is 1.78. The van der Waals surface area contributed by atoms with Gasteiger partial charge in [0.2, 0.25) is 0 Å². The summed E-state index contributed by atoms with van der Waals surface area (Å²) >= 11 is 3.09. The third-order valence-electron chi connectivity index (χ3n) is 5.90. The lowest BCUT2D eigenvalue weighted by Gasteiger charge is -2.41. The van der Waals surface area contributed by atoms with E-state index in [0.29, 0.717) is 6.42 Å². The molecule has 168 valence electrons. The van der Waals surface area contributed by atoms with Crippen LogP contribution in [0.25, 0.3) is 0 Å². The lowest BCUT2D eigenvalue weighted by atomic mass is 9.78. The number of aryl methyl sites for hydroxylation is 2. The summed E-state index contributed by atoms with van der Waals surface area (Å²) in [7, 11) is 0. The average molecular weight is 460 g/mol. The van der Waals surface area contributed by atoms with E-state index in [1.165, 1.54) is 21.5 Å². The molecule has 0 aliphatic carbocycles. The van der Waals surface area contributed by atoms with Crippen molar-refractivity contribution < 1.29 is 14.3 Å². The van der Waals surface area contributed by atoms with Gasteiger partial charge in [-0.25, -0.2) is 0 Å². The Morgan fingerprint density at radius 3 is 2.42 bits per heavy atom. The molecule has 2 heterocycles. The zero-order valence-corrected chi connectivity index (χ0v) is 20.9. The molecule has 1 aromatic carbocycles. The van der Waals surface area contributed by atoms with E-state index in [1.54, 1.807) is 11.3 Å². The molecule has 1 fully saturated rings. The van der Waals surface area contributed by atoms with Gasteiger partial charge in [0.15, 0.2) is 11.0 Å². The standard InChI is InChI=1S/C25H33NO3S2/c1-15(2)25(12-11-17-7-9-18(26)10-8-17)14-19(27)21(23(28)29-25)31-20-13-16(3)30-22(20)24(4,5)6/h7-10,13,15,21H,11-12,14,26H2,1-6H3. The Morgan fingerprint density at radius 1 is 1.23 bits per heavy atom. The number of ketones is 1. The summed E-state index contributed by atoms with van der Waals surface area (Å²) in [5, 5.41) is -0.793. The van der Waals surface area contributed by atoms with Crippen LogP contribution in [0, 0.1) is 12.8 Å². The molecule has 0 bridgehead atoms. The number of nitrogen functional groups attached to an aromatic ring is 1. The van der Waals surface area contributed by atoms with Crippen LogP contribution in [0.1, 0.15) is 62.8 Å². The van der Waals surface area contributed by atoms with Gasteiger partial charge >= 0.3 is 5.97 Å². The molecule has 1 aliphatic heterocycles. The van der Waals surface area contributed by atoms with Crippen molar-refractivity contribution in [3.05, 3.63) is 45.6 Å². The number of esters is 1. The number of thiophene rings is 1. The van der Waals surface area contributed by atoms with Crippen molar-refractivity contribution in [1.29, 1.82) is 0 Å². The van der Waals surface area contributed by atoms with Gasteiger partial charge in [-0.3, -0.25) is 9.59 Å². The number of Topliss-reactive ketones (excluding diaryl/α,β-unsaturated/α-hetero) is 1. The second kappa shape index (κ2) is 8.99. The Kier molecular flexibility index (Phi) is 6.92. The summed E-state index contributed by atoms with van der Waals surface area (Å²) in [4.78, 5) is 29.7. The van der Waals surface area contributed by atoms with Gasteiger partial charge < -0.3 is 10.5 Å². The number of hydrogen-bond donors (Lipinski definition) is 1. The maximum absolute atomic E-state index is 13.2. The zero-order chi connectivity index (χ0) is 23.0. The summed E-state index contributed by atoms with van der Waals surface area (Å²) in [5.74, 6) is -0.388. The third kappa shape index (κ3) is 5.35. The van der Waals surface area contributed by atoms with E-state index in [2.05, 4.69) is 33.8 Å². The van der Waals surface area contributed by atoms with Crippen LogP contribution in [0.4, 0.5) is 5.69 Å². The van der Waals surface area contributed by atoms with Gasteiger partial charge in [-0.05, 0) is 54.9 Å². The van der Waals surface area contributed by atoms with Crippen LogP contribution in [-0.2, 0) is 26.2 Å². The molecule has 0 spiro atoms. The highest BCUT2D eigenvalue weighted by Gasteiger charge is 2.49.